The Labute approximate surface area is 141 Å². The van der Waals surface area contributed by atoms with Crippen molar-refractivity contribution >= 4 is 5.91 Å². The van der Waals surface area contributed by atoms with Gasteiger partial charge in [-0.2, -0.15) is 5.10 Å². The largest absolute Gasteiger partial charge is 0.347 e. The lowest BCUT2D eigenvalue weighted by molar-refractivity contribution is -0.123. The molecule has 0 saturated heterocycles. The minimum atomic E-state index is -0.215. The minimum absolute atomic E-state index is 0.00447. The van der Waals surface area contributed by atoms with Crippen LogP contribution in [0.5, 0.6) is 0 Å². The molecular weight excluding hydrogens is 300 g/mol. The second-order valence-corrected chi connectivity index (χ2v) is 5.72. The number of nitrogens with zero attached hydrogens (tertiary/aromatic N) is 3. The van der Waals surface area contributed by atoms with E-state index in [2.05, 4.69) is 15.4 Å². The van der Waals surface area contributed by atoms with E-state index in [9.17, 15) is 4.79 Å². The van der Waals surface area contributed by atoms with E-state index >= 15 is 0 Å². The van der Waals surface area contributed by atoms with Gasteiger partial charge in [0, 0.05) is 0 Å². The van der Waals surface area contributed by atoms with Crippen molar-refractivity contribution < 1.29 is 4.79 Å². The highest BCUT2D eigenvalue weighted by Gasteiger charge is 2.20. The Kier molecular flexibility index (Phi) is 5.01. The SMILES string of the molecule is C[C@@H](C(=O)N[C@H](Cn1cncn1)c1ccccc1)c1ccccc1. The summed E-state index contributed by atoms with van der Waals surface area (Å²) in [4.78, 5) is 16.7. The van der Waals surface area contributed by atoms with Gasteiger partial charge >= 0.3 is 0 Å². The maximum absolute atomic E-state index is 12.7. The van der Waals surface area contributed by atoms with Crippen molar-refractivity contribution in [2.45, 2.75) is 25.4 Å². The Hall–Kier alpha value is -2.95. The Morgan fingerprint density at radius 3 is 2.25 bits per heavy atom. The van der Waals surface area contributed by atoms with E-state index in [1.807, 2.05) is 67.6 Å². The number of hydrogen-bond acceptors (Lipinski definition) is 3. The van der Waals surface area contributed by atoms with E-state index in [0.29, 0.717) is 6.54 Å². The van der Waals surface area contributed by atoms with Crippen LogP contribution in [0.2, 0.25) is 0 Å². The van der Waals surface area contributed by atoms with Crippen molar-refractivity contribution in [3.63, 3.8) is 0 Å². The molecule has 0 aliphatic rings. The molecule has 0 aliphatic carbocycles. The topological polar surface area (TPSA) is 59.8 Å². The first-order chi connectivity index (χ1) is 11.7. The molecule has 0 radical (unpaired) electrons. The van der Waals surface area contributed by atoms with Crippen molar-refractivity contribution in [1.82, 2.24) is 20.1 Å². The lowest BCUT2D eigenvalue weighted by Gasteiger charge is -2.21. The summed E-state index contributed by atoms with van der Waals surface area (Å²) in [7, 11) is 0. The van der Waals surface area contributed by atoms with Crippen LogP contribution < -0.4 is 5.32 Å². The molecule has 1 aromatic heterocycles. The Balaban J connectivity index is 1.77. The van der Waals surface area contributed by atoms with Gasteiger partial charge in [0.05, 0.1) is 18.5 Å². The lowest BCUT2D eigenvalue weighted by atomic mass is 9.99. The molecule has 5 heteroatoms. The summed E-state index contributed by atoms with van der Waals surface area (Å²) in [6.07, 6.45) is 3.15. The molecule has 1 amide bonds. The quantitative estimate of drug-likeness (QED) is 0.759. The fourth-order valence-corrected chi connectivity index (χ4v) is 2.62. The normalized spacial score (nSPS) is 13.2. The molecule has 0 unspecified atom stereocenters. The van der Waals surface area contributed by atoms with Crippen LogP contribution in [-0.2, 0) is 11.3 Å². The lowest BCUT2D eigenvalue weighted by Crippen LogP contribution is -2.34. The third-order valence-electron chi connectivity index (χ3n) is 4.05. The molecule has 3 aromatic rings. The smallest absolute Gasteiger partial charge is 0.227 e. The van der Waals surface area contributed by atoms with Gasteiger partial charge in [-0.1, -0.05) is 60.7 Å². The average molecular weight is 320 g/mol. The van der Waals surface area contributed by atoms with E-state index in [1.165, 1.54) is 6.33 Å². The third-order valence-corrected chi connectivity index (χ3v) is 4.05. The fourth-order valence-electron chi connectivity index (χ4n) is 2.62. The van der Waals surface area contributed by atoms with Gasteiger partial charge in [0.1, 0.15) is 12.7 Å². The Bertz CT molecular complexity index is 757. The highest BCUT2D eigenvalue weighted by molar-refractivity contribution is 5.83. The summed E-state index contributed by atoms with van der Waals surface area (Å²) in [5.74, 6) is -0.219. The number of hydrogen-bond donors (Lipinski definition) is 1. The first kappa shape index (κ1) is 15.9. The van der Waals surface area contributed by atoms with Crippen molar-refractivity contribution in [3.05, 3.63) is 84.4 Å². The Morgan fingerprint density at radius 1 is 1.04 bits per heavy atom. The van der Waals surface area contributed by atoms with E-state index < -0.39 is 0 Å². The zero-order valence-electron chi connectivity index (χ0n) is 13.5. The van der Waals surface area contributed by atoms with E-state index in [4.69, 9.17) is 0 Å². The number of carbonyl (C=O) groups excluding carboxylic acids is 1. The summed E-state index contributed by atoms with van der Waals surface area (Å²) >= 11 is 0. The molecule has 0 bridgehead atoms. The average Bonchev–Trinajstić information content (AvgIpc) is 3.15. The molecular formula is C19H20N4O. The van der Waals surface area contributed by atoms with Crippen LogP contribution in [-0.4, -0.2) is 20.7 Å². The van der Waals surface area contributed by atoms with Gasteiger partial charge in [-0.05, 0) is 18.1 Å². The van der Waals surface area contributed by atoms with E-state index in [-0.39, 0.29) is 17.9 Å². The summed E-state index contributed by atoms with van der Waals surface area (Å²) in [5, 5.41) is 7.29. The maximum atomic E-state index is 12.7. The highest BCUT2D eigenvalue weighted by Crippen LogP contribution is 2.19. The van der Waals surface area contributed by atoms with Gasteiger partial charge in [0.2, 0.25) is 5.91 Å². The molecule has 2 aromatic carbocycles. The van der Waals surface area contributed by atoms with Crippen LogP contribution in [0.15, 0.2) is 73.3 Å². The predicted octanol–water partition coefficient (Wildman–Crippen LogP) is 2.94. The molecule has 3 rings (SSSR count). The molecule has 0 aliphatic heterocycles. The molecule has 0 spiro atoms. The van der Waals surface area contributed by atoms with Crippen molar-refractivity contribution in [2.75, 3.05) is 0 Å². The van der Waals surface area contributed by atoms with Crippen LogP contribution in [0, 0.1) is 0 Å². The highest BCUT2D eigenvalue weighted by atomic mass is 16.1. The molecule has 0 fully saturated rings. The van der Waals surface area contributed by atoms with E-state index in [0.717, 1.165) is 11.1 Å². The molecule has 122 valence electrons. The summed E-state index contributed by atoms with van der Waals surface area (Å²) in [5.41, 5.74) is 2.05. The minimum Gasteiger partial charge on any atom is -0.347 e. The number of amides is 1. The molecule has 24 heavy (non-hydrogen) atoms. The monoisotopic (exact) mass is 320 g/mol. The van der Waals surface area contributed by atoms with Gasteiger partial charge in [0.15, 0.2) is 0 Å². The standard InChI is InChI=1S/C19H20N4O/c1-15(16-8-4-2-5-9-16)19(24)22-18(12-23-14-20-13-21-23)17-10-6-3-7-11-17/h2-11,13-15,18H,12H2,1H3,(H,22,24)/t15-,18-/m1/s1. The number of rotatable bonds is 6. The fraction of sp³-hybridized carbons (Fsp3) is 0.211. The number of benzene rings is 2. The number of carbonyl (C=O) groups is 1. The van der Waals surface area contributed by atoms with Gasteiger partial charge in [0.25, 0.3) is 0 Å². The van der Waals surface area contributed by atoms with Gasteiger partial charge in [-0.15, -0.1) is 0 Å². The zero-order chi connectivity index (χ0) is 16.8. The van der Waals surface area contributed by atoms with Gasteiger partial charge in [-0.25, -0.2) is 4.98 Å². The van der Waals surface area contributed by atoms with Crippen LogP contribution in [0.4, 0.5) is 0 Å². The first-order valence-electron chi connectivity index (χ1n) is 7.96. The molecule has 0 saturated carbocycles. The third kappa shape index (κ3) is 3.87. The molecule has 5 nitrogen and oxygen atoms in total. The molecule has 1 heterocycles. The van der Waals surface area contributed by atoms with Crippen molar-refractivity contribution in [3.8, 4) is 0 Å². The van der Waals surface area contributed by atoms with Gasteiger partial charge in [-0.3, -0.25) is 9.48 Å². The van der Waals surface area contributed by atoms with Crippen LogP contribution in [0.3, 0.4) is 0 Å². The van der Waals surface area contributed by atoms with Crippen molar-refractivity contribution in [1.29, 1.82) is 0 Å². The first-order valence-corrected chi connectivity index (χ1v) is 7.96. The Morgan fingerprint density at radius 2 is 1.67 bits per heavy atom. The number of nitrogens with one attached hydrogen (secondary N) is 1. The van der Waals surface area contributed by atoms with Crippen LogP contribution in [0.25, 0.3) is 0 Å². The second-order valence-electron chi connectivity index (χ2n) is 5.72. The van der Waals surface area contributed by atoms with Crippen molar-refractivity contribution in [2.24, 2.45) is 0 Å². The van der Waals surface area contributed by atoms with Crippen LogP contribution >= 0.6 is 0 Å². The predicted molar refractivity (Wildman–Crippen MR) is 92.2 cm³/mol. The second kappa shape index (κ2) is 7.55. The number of aromatic nitrogens is 3. The maximum Gasteiger partial charge on any atom is 0.227 e. The summed E-state index contributed by atoms with van der Waals surface area (Å²) < 4.78 is 1.73. The van der Waals surface area contributed by atoms with Crippen LogP contribution in [0.1, 0.15) is 30.0 Å². The molecule has 2 atom stereocenters. The zero-order valence-corrected chi connectivity index (χ0v) is 13.5. The van der Waals surface area contributed by atoms with E-state index in [1.54, 1.807) is 11.0 Å². The summed E-state index contributed by atoms with van der Waals surface area (Å²) in [6, 6.07) is 19.5. The van der Waals surface area contributed by atoms with Gasteiger partial charge < -0.3 is 5.32 Å². The summed E-state index contributed by atoms with van der Waals surface area (Å²) in [6.45, 7) is 2.46. The molecule has 1 N–H and O–H groups in total.